The molecule has 160 valence electrons. The zero-order chi connectivity index (χ0) is 22.5. The molecular weight excluding hydrogens is 441 g/mol. The van der Waals surface area contributed by atoms with Gasteiger partial charge < -0.3 is 19.5 Å². The second kappa shape index (κ2) is 9.73. The largest absolute Gasteiger partial charge is 0.493 e. The van der Waals surface area contributed by atoms with Gasteiger partial charge in [0.15, 0.2) is 17.3 Å². The molecule has 1 amide bonds. The summed E-state index contributed by atoms with van der Waals surface area (Å²) in [5.41, 5.74) is 1.05. The second-order valence-electron chi connectivity index (χ2n) is 6.37. The first-order valence-corrected chi connectivity index (χ1v) is 9.85. The van der Waals surface area contributed by atoms with E-state index in [1.165, 1.54) is 39.5 Å². The number of ether oxygens (including phenoxy) is 3. The first kappa shape index (κ1) is 22.5. The average Bonchev–Trinajstić information content (AvgIpc) is 2.78. The first-order valence-electron chi connectivity index (χ1n) is 9.09. The molecular formula is C23H19Cl2NO5. The minimum Gasteiger partial charge on any atom is -0.493 e. The molecule has 0 unspecified atom stereocenters. The smallest absolute Gasteiger partial charge is 0.255 e. The number of rotatable bonds is 7. The molecule has 1 N–H and O–H groups in total. The van der Waals surface area contributed by atoms with E-state index in [0.717, 1.165) is 0 Å². The molecule has 6 nitrogen and oxygen atoms in total. The molecule has 0 aliphatic carbocycles. The van der Waals surface area contributed by atoms with Crippen LogP contribution in [-0.4, -0.2) is 33.0 Å². The van der Waals surface area contributed by atoms with Crippen LogP contribution in [0.4, 0.5) is 5.69 Å². The Hall–Kier alpha value is -3.22. The summed E-state index contributed by atoms with van der Waals surface area (Å²) in [6.45, 7) is 0. The number of nitrogens with one attached hydrogen (secondary N) is 1. The van der Waals surface area contributed by atoms with Crippen LogP contribution >= 0.6 is 23.2 Å². The van der Waals surface area contributed by atoms with Crippen molar-refractivity contribution >= 4 is 40.6 Å². The molecule has 0 aromatic heterocycles. The van der Waals surface area contributed by atoms with E-state index >= 15 is 0 Å². The minimum absolute atomic E-state index is 0.210. The number of amides is 1. The first-order chi connectivity index (χ1) is 14.9. The van der Waals surface area contributed by atoms with Gasteiger partial charge in [-0.15, -0.1) is 0 Å². The van der Waals surface area contributed by atoms with Gasteiger partial charge in [-0.25, -0.2) is 0 Å². The predicted molar refractivity (Wildman–Crippen MR) is 120 cm³/mol. The molecule has 0 saturated carbocycles. The number of ketones is 1. The summed E-state index contributed by atoms with van der Waals surface area (Å²) in [5.74, 6) is 0.177. The lowest BCUT2D eigenvalue weighted by atomic mass is 10.0. The maximum absolute atomic E-state index is 13.1. The lowest BCUT2D eigenvalue weighted by Gasteiger charge is -2.15. The van der Waals surface area contributed by atoms with Crippen molar-refractivity contribution in [3.8, 4) is 17.2 Å². The fourth-order valence-corrected chi connectivity index (χ4v) is 3.40. The topological polar surface area (TPSA) is 73.9 Å². The van der Waals surface area contributed by atoms with Gasteiger partial charge in [0.1, 0.15) is 0 Å². The summed E-state index contributed by atoms with van der Waals surface area (Å²) in [7, 11) is 4.39. The number of carbonyl (C=O) groups excluding carboxylic acids is 2. The van der Waals surface area contributed by atoms with Gasteiger partial charge in [-0.3, -0.25) is 9.59 Å². The van der Waals surface area contributed by atoms with Crippen LogP contribution in [0.1, 0.15) is 26.3 Å². The minimum atomic E-state index is -0.477. The van der Waals surface area contributed by atoms with Gasteiger partial charge in [0.25, 0.3) is 5.91 Å². The summed E-state index contributed by atoms with van der Waals surface area (Å²) in [6, 6.07) is 14.3. The Bertz CT molecular complexity index is 1120. The number of methoxy groups -OCH3 is 3. The molecule has 3 aromatic rings. The van der Waals surface area contributed by atoms with Gasteiger partial charge in [-0.2, -0.15) is 0 Å². The van der Waals surface area contributed by atoms with Crippen LogP contribution in [0, 0.1) is 0 Å². The highest BCUT2D eigenvalue weighted by Gasteiger charge is 2.21. The van der Waals surface area contributed by atoms with Crippen LogP contribution < -0.4 is 19.5 Å². The quantitative estimate of drug-likeness (QED) is 0.472. The van der Waals surface area contributed by atoms with Gasteiger partial charge in [-0.1, -0.05) is 35.3 Å². The fraction of sp³-hybridized carbons (Fsp3) is 0.130. The van der Waals surface area contributed by atoms with E-state index in [2.05, 4.69) is 5.32 Å². The highest BCUT2D eigenvalue weighted by molar-refractivity contribution is 6.36. The van der Waals surface area contributed by atoms with Crippen molar-refractivity contribution in [3.05, 3.63) is 81.3 Å². The maximum atomic E-state index is 13.1. The van der Waals surface area contributed by atoms with Crippen LogP contribution in [0.25, 0.3) is 0 Å². The van der Waals surface area contributed by atoms with Crippen LogP contribution in [0.5, 0.6) is 17.2 Å². The van der Waals surface area contributed by atoms with E-state index in [1.54, 1.807) is 36.4 Å². The molecule has 0 atom stereocenters. The third kappa shape index (κ3) is 4.76. The molecule has 0 radical (unpaired) electrons. The van der Waals surface area contributed by atoms with Gasteiger partial charge in [0.05, 0.1) is 32.0 Å². The van der Waals surface area contributed by atoms with Gasteiger partial charge >= 0.3 is 0 Å². The van der Waals surface area contributed by atoms with Crippen LogP contribution in [0.3, 0.4) is 0 Å². The SMILES string of the molecule is COc1cc(C(=O)Nc2ccc(Cl)cc2C(=O)c2ccccc2Cl)cc(OC)c1OC. The zero-order valence-corrected chi connectivity index (χ0v) is 18.5. The molecule has 3 aromatic carbocycles. The standard InChI is InChI=1S/C23H19Cl2NO5/c1-29-19-10-13(11-20(30-2)22(19)31-3)23(28)26-18-9-8-14(24)12-16(18)21(27)15-6-4-5-7-17(15)25/h4-12H,1-3H3,(H,26,28). The van der Waals surface area contributed by atoms with Crippen molar-refractivity contribution in [2.24, 2.45) is 0 Å². The summed E-state index contributed by atoms with van der Waals surface area (Å²) in [4.78, 5) is 26.1. The monoisotopic (exact) mass is 459 g/mol. The number of hydrogen-bond acceptors (Lipinski definition) is 5. The third-order valence-corrected chi connectivity index (χ3v) is 5.08. The Morgan fingerprint density at radius 1 is 0.806 bits per heavy atom. The molecule has 0 bridgehead atoms. The van der Waals surface area contributed by atoms with Crippen LogP contribution in [-0.2, 0) is 0 Å². The maximum Gasteiger partial charge on any atom is 0.255 e. The van der Waals surface area contributed by atoms with Crippen molar-refractivity contribution < 1.29 is 23.8 Å². The highest BCUT2D eigenvalue weighted by atomic mass is 35.5. The lowest BCUT2D eigenvalue weighted by molar-refractivity contribution is 0.102. The number of halogens is 2. The fourth-order valence-electron chi connectivity index (χ4n) is 3.01. The average molecular weight is 460 g/mol. The molecule has 3 rings (SSSR count). The summed E-state index contributed by atoms with van der Waals surface area (Å²) in [5, 5.41) is 3.40. The Morgan fingerprint density at radius 3 is 2.03 bits per heavy atom. The number of benzene rings is 3. The Balaban J connectivity index is 2.00. The van der Waals surface area contributed by atoms with Crippen LogP contribution in [0.15, 0.2) is 54.6 Å². The van der Waals surface area contributed by atoms with E-state index in [9.17, 15) is 9.59 Å². The molecule has 0 heterocycles. The molecule has 0 aliphatic rings. The summed E-state index contributed by atoms with van der Waals surface area (Å²) >= 11 is 12.3. The van der Waals surface area contributed by atoms with Crippen molar-refractivity contribution in [2.75, 3.05) is 26.6 Å². The predicted octanol–water partition coefficient (Wildman–Crippen LogP) is 5.50. The van der Waals surface area contributed by atoms with Gasteiger partial charge in [0.2, 0.25) is 5.75 Å². The third-order valence-electron chi connectivity index (χ3n) is 4.52. The number of carbonyl (C=O) groups is 2. The normalized spacial score (nSPS) is 10.4. The Kier molecular flexibility index (Phi) is 7.05. The summed E-state index contributed by atoms with van der Waals surface area (Å²) in [6.07, 6.45) is 0. The van der Waals surface area contributed by atoms with E-state index in [4.69, 9.17) is 37.4 Å². The Labute approximate surface area is 189 Å². The summed E-state index contributed by atoms with van der Waals surface area (Å²) < 4.78 is 15.9. The van der Waals surface area contributed by atoms with Crippen molar-refractivity contribution in [2.45, 2.75) is 0 Å². The highest BCUT2D eigenvalue weighted by Crippen LogP contribution is 2.38. The molecule has 0 spiro atoms. The van der Waals surface area contributed by atoms with Gasteiger partial charge in [0, 0.05) is 21.7 Å². The van der Waals surface area contributed by atoms with Crippen molar-refractivity contribution in [1.29, 1.82) is 0 Å². The van der Waals surface area contributed by atoms with E-state index in [1.807, 2.05) is 0 Å². The van der Waals surface area contributed by atoms with E-state index in [0.29, 0.717) is 32.9 Å². The Morgan fingerprint density at radius 2 is 1.45 bits per heavy atom. The number of hydrogen-bond donors (Lipinski definition) is 1. The second-order valence-corrected chi connectivity index (χ2v) is 7.21. The van der Waals surface area contributed by atoms with Crippen molar-refractivity contribution in [3.63, 3.8) is 0 Å². The molecule has 0 aliphatic heterocycles. The molecule has 8 heteroatoms. The van der Waals surface area contributed by atoms with E-state index < -0.39 is 5.91 Å². The van der Waals surface area contributed by atoms with Crippen molar-refractivity contribution in [1.82, 2.24) is 0 Å². The van der Waals surface area contributed by atoms with E-state index in [-0.39, 0.29) is 22.6 Å². The molecule has 0 fully saturated rings. The van der Waals surface area contributed by atoms with Crippen LogP contribution in [0.2, 0.25) is 10.0 Å². The molecule has 31 heavy (non-hydrogen) atoms. The number of anilines is 1. The molecule has 0 saturated heterocycles. The van der Waals surface area contributed by atoms with Gasteiger partial charge in [-0.05, 0) is 42.5 Å². The zero-order valence-electron chi connectivity index (χ0n) is 17.0. The lowest BCUT2D eigenvalue weighted by Crippen LogP contribution is -2.16.